The molecular weight excluding hydrogens is 368 g/mol. The van der Waals surface area contributed by atoms with E-state index in [2.05, 4.69) is 26.6 Å². The number of hydrogen-bond acceptors (Lipinski definition) is 5. The Morgan fingerprint density at radius 3 is 2.41 bits per heavy atom. The largest absolute Gasteiger partial charge is 0.490 e. The quantitative estimate of drug-likeness (QED) is 0.812. The van der Waals surface area contributed by atoms with Crippen molar-refractivity contribution in [1.82, 2.24) is 15.6 Å². The first-order valence-corrected chi connectivity index (χ1v) is 10.4. The van der Waals surface area contributed by atoms with Gasteiger partial charge in [-0.1, -0.05) is 6.07 Å². The summed E-state index contributed by atoms with van der Waals surface area (Å²) in [4.78, 5) is 19.0. The second kappa shape index (κ2) is 9.49. The summed E-state index contributed by atoms with van der Waals surface area (Å²) in [5.74, 6) is 2.50. The van der Waals surface area contributed by atoms with Crippen LogP contribution in [0.4, 0.5) is 10.6 Å². The maximum Gasteiger partial charge on any atom is 0.315 e. The van der Waals surface area contributed by atoms with Crippen molar-refractivity contribution in [3.63, 3.8) is 0 Å². The normalized spacial score (nSPS) is 16.1. The molecule has 0 saturated carbocycles. The summed E-state index contributed by atoms with van der Waals surface area (Å²) < 4.78 is 11.3. The Labute approximate surface area is 171 Å². The summed E-state index contributed by atoms with van der Waals surface area (Å²) in [6, 6.07) is 9.58. The van der Waals surface area contributed by atoms with Crippen LogP contribution in [0.1, 0.15) is 36.8 Å². The van der Waals surface area contributed by atoms with Crippen molar-refractivity contribution >= 4 is 11.8 Å². The second-order valence-corrected chi connectivity index (χ2v) is 7.44. The van der Waals surface area contributed by atoms with Crippen molar-refractivity contribution in [2.75, 3.05) is 31.2 Å². The third-order valence-electron chi connectivity index (χ3n) is 5.21. The average Bonchev–Trinajstić information content (AvgIpc) is 3.02. The van der Waals surface area contributed by atoms with Gasteiger partial charge >= 0.3 is 6.03 Å². The number of carbonyl (C=O) groups excluding carboxylic acids is 1. The highest BCUT2D eigenvalue weighted by atomic mass is 16.5. The molecule has 7 nitrogen and oxygen atoms in total. The molecule has 0 bridgehead atoms. The lowest BCUT2D eigenvalue weighted by atomic mass is 10.1. The minimum absolute atomic E-state index is 0.201. The zero-order valence-corrected chi connectivity index (χ0v) is 16.7. The van der Waals surface area contributed by atoms with Crippen LogP contribution in [0.5, 0.6) is 11.5 Å². The summed E-state index contributed by atoms with van der Waals surface area (Å²) in [5, 5.41) is 5.82. The number of rotatable bonds is 5. The lowest BCUT2D eigenvalue weighted by Crippen LogP contribution is -2.34. The average molecular weight is 396 g/mol. The number of amides is 2. The number of hydrogen-bond donors (Lipinski definition) is 2. The number of fused-ring (bicyclic) bond motifs is 1. The highest BCUT2D eigenvalue weighted by molar-refractivity contribution is 5.73. The Morgan fingerprint density at radius 2 is 1.62 bits per heavy atom. The van der Waals surface area contributed by atoms with E-state index in [1.165, 1.54) is 19.3 Å². The molecule has 2 amide bonds. The minimum Gasteiger partial charge on any atom is -0.490 e. The van der Waals surface area contributed by atoms with Gasteiger partial charge in [0.25, 0.3) is 0 Å². The molecule has 7 heteroatoms. The molecule has 1 aromatic heterocycles. The van der Waals surface area contributed by atoms with E-state index in [1.54, 1.807) is 0 Å². The SMILES string of the molecule is O=C(NCc1ccnc(N2CCCCC2)c1)NCc1ccc2c(c1)OCCCO2. The first-order valence-electron chi connectivity index (χ1n) is 10.4. The Bertz CT molecular complexity index is 837. The smallest absolute Gasteiger partial charge is 0.315 e. The second-order valence-electron chi connectivity index (χ2n) is 7.44. The molecule has 4 rings (SSSR count). The topological polar surface area (TPSA) is 75.7 Å². The van der Waals surface area contributed by atoms with Gasteiger partial charge in [0.2, 0.25) is 0 Å². The molecule has 3 heterocycles. The van der Waals surface area contributed by atoms with E-state index < -0.39 is 0 Å². The molecule has 0 unspecified atom stereocenters. The summed E-state index contributed by atoms with van der Waals surface area (Å²) in [6.45, 7) is 4.32. The van der Waals surface area contributed by atoms with Crippen molar-refractivity contribution in [3.8, 4) is 11.5 Å². The van der Waals surface area contributed by atoms with Gasteiger partial charge in [0, 0.05) is 38.8 Å². The molecule has 0 spiro atoms. The van der Waals surface area contributed by atoms with Crippen LogP contribution < -0.4 is 25.0 Å². The van der Waals surface area contributed by atoms with Crippen LogP contribution in [0, 0.1) is 0 Å². The van der Waals surface area contributed by atoms with Gasteiger partial charge in [-0.3, -0.25) is 0 Å². The van der Waals surface area contributed by atoms with Crippen molar-refractivity contribution < 1.29 is 14.3 Å². The summed E-state index contributed by atoms with van der Waals surface area (Å²) in [7, 11) is 0. The fraction of sp³-hybridized carbons (Fsp3) is 0.455. The van der Waals surface area contributed by atoms with Gasteiger partial charge in [0.15, 0.2) is 11.5 Å². The van der Waals surface area contributed by atoms with E-state index in [0.29, 0.717) is 26.3 Å². The predicted molar refractivity (Wildman–Crippen MR) is 111 cm³/mol. The number of ether oxygens (including phenoxy) is 2. The van der Waals surface area contributed by atoms with Crippen molar-refractivity contribution in [1.29, 1.82) is 0 Å². The molecule has 0 atom stereocenters. The van der Waals surface area contributed by atoms with E-state index in [0.717, 1.165) is 48.0 Å². The Balaban J connectivity index is 1.27. The van der Waals surface area contributed by atoms with Crippen molar-refractivity contribution in [2.45, 2.75) is 38.8 Å². The molecule has 29 heavy (non-hydrogen) atoms. The number of piperidine rings is 1. The molecule has 2 aliphatic heterocycles. The van der Waals surface area contributed by atoms with E-state index in [4.69, 9.17) is 9.47 Å². The molecule has 2 aromatic rings. The van der Waals surface area contributed by atoms with Gasteiger partial charge in [-0.2, -0.15) is 0 Å². The fourth-order valence-corrected chi connectivity index (χ4v) is 3.61. The number of carbonyl (C=O) groups is 1. The first-order chi connectivity index (χ1) is 14.3. The number of pyridine rings is 1. The standard InChI is InChI=1S/C22H28N4O3/c27-22(24-15-17-5-6-19-20(13-17)29-12-4-11-28-19)25-16-18-7-8-23-21(14-18)26-9-2-1-3-10-26/h5-8,13-14H,1-4,9-12,15-16H2,(H2,24,25,27). The molecule has 1 aromatic carbocycles. The number of aromatic nitrogens is 1. The maximum atomic E-state index is 12.2. The van der Waals surface area contributed by atoms with Gasteiger partial charge in [0.1, 0.15) is 5.82 Å². The number of anilines is 1. The Hall–Kier alpha value is -2.96. The van der Waals surface area contributed by atoms with E-state index >= 15 is 0 Å². The van der Waals surface area contributed by atoms with Crippen LogP contribution in [0.2, 0.25) is 0 Å². The Kier molecular flexibility index (Phi) is 6.34. The highest BCUT2D eigenvalue weighted by Crippen LogP contribution is 2.30. The summed E-state index contributed by atoms with van der Waals surface area (Å²) in [5.41, 5.74) is 2.02. The van der Waals surface area contributed by atoms with Gasteiger partial charge in [-0.15, -0.1) is 0 Å². The maximum absolute atomic E-state index is 12.2. The van der Waals surface area contributed by atoms with Gasteiger partial charge in [-0.05, 0) is 54.7 Å². The van der Waals surface area contributed by atoms with Crippen LogP contribution in [0.15, 0.2) is 36.5 Å². The molecule has 2 N–H and O–H groups in total. The summed E-state index contributed by atoms with van der Waals surface area (Å²) in [6.07, 6.45) is 6.41. The Morgan fingerprint density at radius 1 is 0.897 bits per heavy atom. The van der Waals surface area contributed by atoms with Gasteiger partial charge in [-0.25, -0.2) is 9.78 Å². The summed E-state index contributed by atoms with van der Waals surface area (Å²) >= 11 is 0. The zero-order valence-electron chi connectivity index (χ0n) is 16.7. The monoisotopic (exact) mass is 396 g/mol. The number of urea groups is 1. The fourth-order valence-electron chi connectivity index (χ4n) is 3.61. The van der Waals surface area contributed by atoms with Gasteiger partial charge in [0.05, 0.1) is 13.2 Å². The van der Waals surface area contributed by atoms with Crippen LogP contribution >= 0.6 is 0 Å². The van der Waals surface area contributed by atoms with Gasteiger partial charge < -0.3 is 25.0 Å². The molecule has 1 fully saturated rings. The number of nitrogens with zero attached hydrogens (tertiary/aromatic N) is 2. The lowest BCUT2D eigenvalue weighted by molar-refractivity contribution is 0.240. The van der Waals surface area contributed by atoms with Crippen molar-refractivity contribution in [3.05, 3.63) is 47.7 Å². The zero-order chi connectivity index (χ0) is 19.9. The van der Waals surface area contributed by atoms with Crippen LogP contribution in [0.25, 0.3) is 0 Å². The van der Waals surface area contributed by atoms with Crippen LogP contribution in [0.3, 0.4) is 0 Å². The molecule has 1 saturated heterocycles. The highest BCUT2D eigenvalue weighted by Gasteiger charge is 2.13. The first kappa shape index (κ1) is 19.4. The van der Waals surface area contributed by atoms with E-state index in [9.17, 15) is 4.79 Å². The third kappa shape index (κ3) is 5.31. The van der Waals surface area contributed by atoms with E-state index in [1.807, 2.05) is 30.5 Å². The number of nitrogens with one attached hydrogen (secondary N) is 2. The van der Waals surface area contributed by atoms with Crippen molar-refractivity contribution in [2.24, 2.45) is 0 Å². The molecule has 2 aliphatic rings. The molecular formula is C22H28N4O3. The molecule has 154 valence electrons. The van der Waals surface area contributed by atoms with E-state index in [-0.39, 0.29) is 6.03 Å². The molecule has 0 aliphatic carbocycles. The minimum atomic E-state index is -0.201. The van der Waals surface area contributed by atoms with Crippen LogP contribution in [-0.2, 0) is 13.1 Å². The third-order valence-corrected chi connectivity index (χ3v) is 5.21. The lowest BCUT2D eigenvalue weighted by Gasteiger charge is -2.27. The number of benzene rings is 1. The molecule has 0 radical (unpaired) electrons. The predicted octanol–water partition coefficient (Wildman–Crippen LogP) is 3.23. The van der Waals surface area contributed by atoms with Crippen LogP contribution in [-0.4, -0.2) is 37.3 Å².